The molecule has 17 heavy (non-hydrogen) atoms. The van der Waals surface area contributed by atoms with Crippen molar-refractivity contribution >= 4 is 0 Å². The number of hydrogen-bond acceptors (Lipinski definition) is 4. The Bertz CT molecular complexity index is 356. The number of aliphatic hydroxyl groups is 1. The van der Waals surface area contributed by atoms with Gasteiger partial charge in [-0.25, -0.2) is 0 Å². The summed E-state index contributed by atoms with van der Waals surface area (Å²) in [5, 5.41) is 17.9. The molecule has 1 aliphatic heterocycles. The minimum Gasteiger partial charge on any atom is -0.390 e. The van der Waals surface area contributed by atoms with E-state index in [0.29, 0.717) is 19.4 Å². The highest BCUT2D eigenvalue weighted by molar-refractivity contribution is 5.08. The molecule has 0 bridgehead atoms. The molecular weight excluding hydrogens is 218 g/mol. The molecule has 2 heterocycles. The van der Waals surface area contributed by atoms with E-state index in [0.717, 1.165) is 18.7 Å². The van der Waals surface area contributed by atoms with Crippen LogP contribution in [0.1, 0.15) is 18.9 Å². The predicted molar refractivity (Wildman–Crippen MR) is 64.8 cm³/mol. The van der Waals surface area contributed by atoms with Crippen LogP contribution in [-0.4, -0.2) is 46.3 Å². The lowest BCUT2D eigenvalue weighted by molar-refractivity contribution is 0.00650. The van der Waals surface area contributed by atoms with Gasteiger partial charge in [-0.15, -0.1) is 0 Å². The summed E-state index contributed by atoms with van der Waals surface area (Å²) < 4.78 is 7.15. The van der Waals surface area contributed by atoms with Crippen molar-refractivity contribution in [3.63, 3.8) is 0 Å². The molecule has 0 aromatic carbocycles. The Morgan fingerprint density at radius 1 is 1.71 bits per heavy atom. The molecule has 0 radical (unpaired) electrons. The number of rotatable bonds is 4. The van der Waals surface area contributed by atoms with Gasteiger partial charge in [0.15, 0.2) is 0 Å². The number of nitrogens with one attached hydrogen (secondary N) is 1. The Hall–Kier alpha value is -0.910. The Kier molecular flexibility index (Phi) is 3.81. The van der Waals surface area contributed by atoms with Crippen molar-refractivity contribution in [1.29, 1.82) is 0 Å². The van der Waals surface area contributed by atoms with E-state index in [-0.39, 0.29) is 6.04 Å². The fourth-order valence-electron chi connectivity index (χ4n) is 2.36. The standard InChI is InChI=1S/C12H21N3O2/c1-12(16,5-10-7-14-15(2)8-10)6-11-9-17-4-3-13-11/h7-8,11,13,16H,3-6,9H2,1-2H3. The quantitative estimate of drug-likeness (QED) is 0.782. The lowest BCUT2D eigenvalue weighted by atomic mass is 9.91. The van der Waals surface area contributed by atoms with Gasteiger partial charge < -0.3 is 15.2 Å². The molecule has 2 rings (SSSR count). The van der Waals surface area contributed by atoms with E-state index in [1.807, 2.05) is 20.2 Å². The number of morpholine rings is 1. The lowest BCUT2D eigenvalue weighted by Crippen LogP contribution is -2.46. The zero-order valence-corrected chi connectivity index (χ0v) is 10.5. The van der Waals surface area contributed by atoms with E-state index >= 15 is 0 Å². The maximum atomic E-state index is 10.4. The first-order valence-electron chi connectivity index (χ1n) is 6.06. The zero-order chi connectivity index (χ0) is 12.3. The van der Waals surface area contributed by atoms with Gasteiger partial charge in [0, 0.05) is 32.3 Å². The SMILES string of the molecule is Cn1cc(CC(C)(O)CC2COCCN2)cn1. The Morgan fingerprint density at radius 3 is 3.12 bits per heavy atom. The van der Waals surface area contributed by atoms with Crippen LogP contribution in [0.25, 0.3) is 0 Å². The highest BCUT2D eigenvalue weighted by Crippen LogP contribution is 2.19. The summed E-state index contributed by atoms with van der Waals surface area (Å²) >= 11 is 0. The van der Waals surface area contributed by atoms with Crippen LogP contribution in [-0.2, 0) is 18.2 Å². The van der Waals surface area contributed by atoms with Crippen LogP contribution in [0.5, 0.6) is 0 Å². The Morgan fingerprint density at radius 2 is 2.53 bits per heavy atom. The molecule has 0 spiro atoms. The number of ether oxygens (including phenoxy) is 1. The molecule has 1 saturated heterocycles. The van der Waals surface area contributed by atoms with Crippen LogP contribution in [0.3, 0.4) is 0 Å². The lowest BCUT2D eigenvalue weighted by Gasteiger charge is -2.31. The molecular formula is C12H21N3O2. The van der Waals surface area contributed by atoms with Gasteiger partial charge in [-0.05, 0) is 18.9 Å². The van der Waals surface area contributed by atoms with Gasteiger partial charge in [0.2, 0.25) is 0 Å². The number of aryl methyl sites for hydroxylation is 1. The minimum atomic E-state index is -0.721. The molecule has 0 saturated carbocycles. The second-order valence-electron chi connectivity index (χ2n) is 5.13. The first kappa shape index (κ1) is 12.5. The Balaban J connectivity index is 1.88. The summed E-state index contributed by atoms with van der Waals surface area (Å²) in [5.74, 6) is 0. The van der Waals surface area contributed by atoms with Gasteiger partial charge in [-0.3, -0.25) is 4.68 Å². The zero-order valence-electron chi connectivity index (χ0n) is 10.5. The first-order chi connectivity index (χ1) is 8.05. The minimum absolute atomic E-state index is 0.246. The molecule has 5 heteroatoms. The summed E-state index contributed by atoms with van der Waals surface area (Å²) in [5.41, 5.74) is 0.343. The number of aromatic nitrogens is 2. The molecule has 1 aliphatic rings. The van der Waals surface area contributed by atoms with Gasteiger partial charge in [-0.1, -0.05) is 0 Å². The van der Waals surface area contributed by atoms with Gasteiger partial charge in [0.25, 0.3) is 0 Å². The van der Waals surface area contributed by atoms with E-state index in [2.05, 4.69) is 10.4 Å². The average molecular weight is 239 g/mol. The van der Waals surface area contributed by atoms with Crippen LogP contribution in [0.15, 0.2) is 12.4 Å². The molecule has 2 unspecified atom stereocenters. The second-order valence-corrected chi connectivity index (χ2v) is 5.13. The highest BCUT2D eigenvalue weighted by atomic mass is 16.5. The molecule has 2 atom stereocenters. The number of hydrogen-bond donors (Lipinski definition) is 2. The van der Waals surface area contributed by atoms with Crippen molar-refractivity contribution in [1.82, 2.24) is 15.1 Å². The van der Waals surface area contributed by atoms with Gasteiger partial charge in [-0.2, -0.15) is 5.10 Å². The highest BCUT2D eigenvalue weighted by Gasteiger charge is 2.27. The monoisotopic (exact) mass is 239 g/mol. The first-order valence-corrected chi connectivity index (χ1v) is 6.06. The Labute approximate surface area is 102 Å². The molecule has 1 aromatic rings. The largest absolute Gasteiger partial charge is 0.390 e. The third-order valence-electron chi connectivity index (χ3n) is 3.03. The summed E-state index contributed by atoms with van der Waals surface area (Å²) in [7, 11) is 1.88. The van der Waals surface area contributed by atoms with E-state index < -0.39 is 5.60 Å². The van der Waals surface area contributed by atoms with E-state index in [1.165, 1.54) is 0 Å². The van der Waals surface area contributed by atoms with Crippen molar-refractivity contribution in [2.45, 2.75) is 31.4 Å². The molecule has 0 amide bonds. The summed E-state index contributed by atoms with van der Waals surface area (Å²) in [4.78, 5) is 0. The van der Waals surface area contributed by atoms with Crippen molar-refractivity contribution < 1.29 is 9.84 Å². The summed E-state index contributed by atoms with van der Waals surface area (Å²) in [6.45, 7) is 4.19. The fraction of sp³-hybridized carbons (Fsp3) is 0.750. The molecule has 1 fully saturated rings. The van der Waals surface area contributed by atoms with Crippen LogP contribution in [0, 0.1) is 0 Å². The fourth-order valence-corrected chi connectivity index (χ4v) is 2.36. The molecule has 96 valence electrons. The third-order valence-corrected chi connectivity index (χ3v) is 3.03. The van der Waals surface area contributed by atoms with Gasteiger partial charge in [0.1, 0.15) is 0 Å². The average Bonchev–Trinajstić information content (AvgIpc) is 2.63. The smallest absolute Gasteiger partial charge is 0.0676 e. The third kappa shape index (κ3) is 3.80. The van der Waals surface area contributed by atoms with E-state index in [4.69, 9.17) is 4.74 Å². The number of nitrogens with zero attached hydrogens (tertiary/aromatic N) is 2. The van der Waals surface area contributed by atoms with Crippen LogP contribution in [0.4, 0.5) is 0 Å². The van der Waals surface area contributed by atoms with Crippen LogP contribution < -0.4 is 5.32 Å². The van der Waals surface area contributed by atoms with Crippen molar-refractivity contribution in [2.24, 2.45) is 7.05 Å². The predicted octanol–water partition coefficient (Wildman–Crippen LogP) is 0.0921. The maximum absolute atomic E-state index is 10.4. The topological polar surface area (TPSA) is 59.3 Å². The summed E-state index contributed by atoms with van der Waals surface area (Å²) in [6.07, 6.45) is 5.07. The van der Waals surface area contributed by atoms with Crippen LogP contribution >= 0.6 is 0 Å². The van der Waals surface area contributed by atoms with Crippen LogP contribution in [0.2, 0.25) is 0 Å². The molecule has 0 aliphatic carbocycles. The van der Waals surface area contributed by atoms with Crippen molar-refractivity contribution in [2.75, 3.05) is 19.8 Å². The summed E-state index contributed by atoms with van der Waals surface area (Å²) in [6, 6.07) is 0.246. The van der Waals surface area contributed by atoms with Gasteiger partial charge in [0.05, 0.1) is 25.0 Å². The van der Waals surface area contributed by atoms with Crippen molar-refractivity contribution in [3.8, 4) is 0 Å². The van der Waals surface area contributed by atoms with Crippen molar-refractivity contribution in [3.05, 3.63) is 18.0 Å². The normalized spacial score (nSPS) is 24.5. The molecule has 2 N–H and O–H groups in total. The van der Waals surface area contributed by atoms with E-state index in [9.17, 15) is 5.11 Å². The molecule has 5 nitrogen and oxygen atoms in total. The maximum Gasteiger partial charge on any atom is 0.0676 e. The molecule has 1 aromatic heterocycles. The van der Waals surface area contributed by atoms with E-state index in [1.54, 1.807) is 10.9 Å². The second kappa shape index (κ2) is 5.16. The van der Waals surface area contributed by atoms with Gasteiger partial charge >= 0.3 is 0 Å².